The quantitative estimate of drug-likeness (QED) is 0.693. The molecule has 26 heavy (non-hydrogen) atoms. The van der Waals surface area contributed by atoms with Gasteiger partial charge in [-0.05, 0) is 55.2 Å². The van der Waals surface area contributed by atoms with Gasteiger partial charge in [0.05, 0.1) is 13.2 Å². The van der Waals surface area contributed by atoms with Gasteiger partial charge in [0, 0.05) is 12.6 Å². The van der Waals surface area contributed by atoms with Crippen molar-refractivity contribution in [1.82, 2.24) is 10.6 Å². The molecule has 5 heteroatoms. The molecule has 3 rings (SSSR count). The Morgan fingerprint density at radius 2 is 1.62 bits per heavy atom. The molecule has 2 fully saturated rings. The van der Waals surface area contributed by atoms with Crippen LogP contribution in [0.25, 0.3) is 0 Å². The molecule has 0 radical (unpaired) electrons. The zero-order valence-electron chi connectivity index (χ0n) is 15.7. The summed E-state index contributed by atoms with van der Waals surface area (Å²) in [6.45, 7) is 0.209. The molecule has 2 aliphatic carbocycles. The summed E-state index contributed by atoms with van der Waals surface area (Å²) in [6.07, 6.45) is 9.35. The van der Waals surface area contributed by atoms with Crippen LogP contribution in [0.15, 0.2) is 24.3 Å². The highest BCUT2D eigenvalue weighted by molar-refractivity contribution is 5.74. The largest absolute Gasteiger partial charge is 0.497 e. The fourth-order valence-electron chi connectivity index (χ4n) is 4.59. The van der Waals surface area contributed by atoms with Gasteiger partial charge in [-0.3, -0.25) is 0 Å². The number of hydrogen-bond acceptors (Lipinski definition) is 3. The number of aliphatic hydroxyl groups excluding tert-OH is 1. The van der Waals surface area contributed by atoms with Crippen LogP contribution < -0.4 is 15.4 Å². The van der Waals surface area contributed by atoms with Gasteiger partial charge in [0.2, 0.25) is 0 Å². The van der Waals surface area contributed by atoms with E-state index in [2.05, 4.69) is 10.6 Å². The molecule has 0 aliphatic heterocycles. The van der Waals surface area contributed by atoms with Gasteiger partial charge >= 0.3 is 6.03 Å². The van der Waals surface area contributed by atoms with Gasteiger partial charge in [0.25, 0.3) is 0 Å². The lowest BCUT2D eigenvalue weighted by Gasteiger charge is -2.30. The lowest BCUT2D eigenvalue weighted by atomic mass is 9.86. The van der Waals surface area contributed by atoms with Crippen LogP contribution in [0.5, 0.6) is 5.75 Å². The van der Waals surface area contributed by atoms with Gasteiger partial charge in [-0.2, -0.15) is 0 Å². The summed E-state index contributed by atoms with van der Waals surface area (Å²) >= 11 is 0. The van der Waals surface area contributed by atoms with Crippen LogP contribution in [-0.4, -0.2) is 30.8 Å². The number of carbonyl (C=O) groups is 1. The molecule has 2 aliphatic rings. The average Bonchev–Trinajstić information content (AvgIpc) is 3.38. The van der Waals surface area contributed by atoms with Gasteiger partial charge in [-0.15, -0.1) is 0 Å². The summed E-state index contributed by atoms with van der Waals surface area (Å²) in [7, 11) is 1.61. The Hall–Kier alpha value is -1.75. The number of hydrogen-bond donors (Lipinski definition) is 3. The molecule has 0 spiro atoms. The Bertz CT molecular complexity index is 547. The Kier molecular flexibility index (Phi) is 6.78. The molecular weight excluding hydrogens is 328 g/mol. The second kappa shape index (κ2) is 9.26. The van der Waals surface area contributed by atoms with Crippen molar-refractivity contribution in [2.45, 2.75) is 63.5 Å². The number of amides is 2. The standard InChI is InChI=1S/C21H32N2O3/c1-26-18-12-10-15(11-13-18)19(24)14-22-21(25)23-20(16-6-2-3-7-16)17-8-4-5-9-17/h10-13,16-17,19-20,24H,2-9,14H2,1H3,(H2,22,23,25). The van der Waals surface area contributed by atoms with E-state index < -0.39 is 6.10 Å². The van der Waals surface area contributed by atoms with E-state index in [4.69, 9.17) is 4.74 Å². The maximum atomic E-state index is 12.4. The summed E-state index contributed by atoms with van der Waals surface area (Å²) in [5.74, 6) is 1.99. The number of benzene rings is 1. The molecule has 5 nitrogen and oxygen atoms in total. The van der Waals surface area contributed by atoms with E-state index in [1.807, 2.05) is 24.3 Å². The molecule has 0 bridgehead atoms. The predicted octanol–water partition coefficient (Wildman–Crippen LogP) is 3.78. The summed E-state index contributed by atoms with van der Waals surface area (Å²) in [6, 6.07) is 7.41. The highest BCUT2D eigenvalue weighted by Gasteiger charge is 2.34. The Balaban J connectivity index is 1.50. The second-order valence-electron chi connectivity index (χ2n) is 7.76. The molecule has 1 aromatic carbocycles. The number of rotatable bonds is 7. The predicted molar refractivity (Wildman–Crippen MR) is 102 cm³/mol. The fourth-order valence-corrected chi connectivity index (χ4v) is 4.59. The van der Waals surface area contributed by atoms with E-state index >= 15 is 0 Å². The highest BCUT2D eigenvalue weighted by Crippen LogP contribution is 2.37. The van der Waals surface area contributed by atoms with Crippen molar-refractivity contribution in [3.05, 3.63) is 29.8 Å². The minimum Gasteiger partial charge on any atom is -0.497 e. The molecule has 0 saturated heterocycles. The molecule has 3 N–H and O–H groups in total. The average molecular weight is 360 g/mol. The Morgan fingerprint density at radius 1 is 1.08 bits per heavy atom. The van der Waals surface area contributed by atoms with Gasteiger partial charge < -0.3 is 20.5 Å². The third kappa shape index (κ3) is 4.91. The van der Waals surface area contributed by atoms with Crippen molar-refractivity contribution < 1.29 is 14.6 Å². The van der Waals surface area contributed by atoms with E-state index in [1.165, 1.54) is 51.4 Å². The van der Waals surface area contributed by atoms with Gasteiger partial charge in [-0.25, -0.2) is 4.79 Å². The molecule has 2 saturated carbocycles. The fraction of sp³-hybridized carbons (Fsp3) is 0.667. The normalized spacial score (nSPS) is 19.7. The van der Waals surface area contributed by atoms with Crippen molar-refractivity contribution in [3.8, 4) is 5.75 Å². The minimum absolute atomic E-state index is 0.152. The van der Waals surface area contributed by atoms with Crippen LogP contribution in [-0.2, 0) is 0 Å². The van der Waals surface area contributed by atoms with Gasteiger partial charge in [0.1, 0.15) is 5.75 Å². The van der Waals surface area contributed by atoms with Crippen LogP contribution in [0, 0.1) is 11.8 Å². The van der Waals surface area contributed by atoms with E-state index in [0.29, 0.717) is 11.8 Å². The Morgan fingerprint density at radius 3 is 2.12 bits per heavy atom. The summed E-state index contributed by atoms with van der Waals surface area (Å²) in [4.78, 5) is 12.4. The monoisotopic (exact) mass is 360 g/mol. The van der Waals surface area contributed by atoms with Crippen LogP contribution in [0.4, 0.5) is 4.79 Å². The minimum atomic E-state index is -0.719. The van der Waals surface area contributed by atoms with Crippen molar-refractivity contribution in [2.24, 2.45) is 11.8 Å². The van der Waals surface area contributed by atoms with Crippen LogP contribution in [0.3, 0.4) is 0 Å². The topological polar surface area (TPSA) is 70.6 Å². The lowest BCUT2D eigenvalue weighted by Crippen LogP contribution is -2.49. The van der Waals surface area contributed by atoms with Crippen molar-refractivity contribution in [3.63, 3.8) is 0 Å². The first kappa shape index (κ1) is 19.0. The smallest absolute Gasteiger partial charge is 0.315 e. The van der Waals surface area contributed by atoms with Gasteiger partial charge in [0.15, 0.2) is 0 Å². The molecule has 0 heterocycles. The first-order valence-corrected chi connectivity index (χ1v) is 10.0. The third-order valence-corrected chi connectivity index (χ3v) is 6.07. The van der Waals surface area contributed by atoms with E-state index in [1.54, 1.807) is 7.11 Å². The van der Waals surface area contributed by atoms with Crippen LogP contribution in [0.1, 0.15) is 63.0 Å². The first-order chi connectivity index (χ1) is 12.7. The number of urea groups is 1. The van der Waals surface area contributed by atoms with E-state index in [9.17, 15) is 9.90 Å². The molecule has 1 unspecified atom stereocenters. The first-order valence-electron chi connectivity index (χ1n) is 10.0. The molecule has 144 valence electrons. The van der Waals surface area contributed by atoms with Gasteiger partial charge in [-0.1, -0.05) is 37.8 Å². The zero-order valence-corrected chi connectivity index (χ0v) is 15.7. The van der Waals surface area contributed by atoms with E-state index in [0.717, 1.165) is 11.3 Å². The molecule has 1 atom stereocenters. The molecular formula is C21H32N2O3. The number of carbonyl (C=O) groups excluding carboxylic acids is 1. The summed E-state index contributed by atoms with van der Waals surface area (Å²) < 4.78 is 5.13. The van der Waals surface area contributed by atoms with Crippen molar-refractivity contribution in [2.75, 3.05) is 13.7 Å². The van der Waals surface area contributed by atoms with Crippen LogP contribution in [0.2, 0.25) is 0 Å². The number of aliphatic hydroxyl groups is 1. The lowest BCUT2D eigenvalue weighted by molar-refractivity contribution is 0.169. The molecule has 1 aromatic rings. The highest BCUT2D eigenvalue weighted by atomic mass is 16.5. The summed E-state index contributed by atoms with van der Waals surface area (Å²) in [5.41, 5.74) is 0.772. The maximum Gasteiger partial charge on any atom is 0.315 e. The molecule has 2 amide bonds. The van der Waals surface area contributed by atoms with Crippen molar-refractivity contribution >= 4 is 6.03 Å². The summed E-state index contributed by atoms with van der Waals surface area (Å²) in [5, 5.41) is 16.4. The Labute approximate surface area is 156 Å². The second-order valence-corrected chi connectivity index (χ2v) is 7.76. The molecule has 0 aromatic heterocycles. The number of nitrogens with one attached hydrogen (secondary N) is 2. The van der Waals surface area contributed by atoms with Crippen LogP contribution >= 0.6 is 0 Å². The van der Waals surface area contributed by atoms with E-state index in [-0.39, 0.29) is 18.6 Å². The number of methoxy groups -OCH3 is 1. The maximum absolute atomic E-state index is 12.4. The number of ether oxygens (including phenoxy) is 1. The zero-order chi connectivity index (χ0) is 18.4. The third-order valence-electron chi connectivity index (χ3n) is 6.07. The van der Waals surface area contributed by atoms with Crippen molar-refractivity contribution in [1.29, 1.82) is 0 Å². The SMILES string of the molecule is COc1ccc(C(O)CNC(=O)NC(C2CCCC2)C2CCCC2)cc1.